The lowest BCUT2D eigenvalue weighted by atomic mass is 10.1. The summed E-state index contributed by atoms with van der Waals surface area (Å²) in [5, 5.41) is 0. The summed E-state index contributed by atoms with van der Waals surface area (Å²) >= 11 is 0. The Labute approximate surface area is 111 Å². The lowest BCUT2D eigenvalue weighted by Crippen LogP contribution is -2.30. The van der Waals surface area contributed by atoms with Crippen LogP contribution in [0.15, 0.2) is 24.3 Å². The minimum absolute atomic E-state index is 0.294. The fraction of sp³-hybridized carbons (Fsp3) is 0.231. The second-order valence-electron chi connectivity index (χ2n) is 3.51. The van der Waals surface area contributed by atoms with Crippen molar-refractivity contribution in [3.05, 3.63) is 35.4 Å². The van der Waals surface area contributed by atoms with Crippen molar-refractivity contribution < 1.29 is 19.1 Å². The lowest BCUT2D eigenvalue weighted by Gasteiger charge is -2.07. The quantitative estimate of drug-likeness (QED) is 0.271. The molecule has 0 aliphatic rings. The molecule has 0 unspecified atom stereocenters. The van der Waals surface area contributed by atoms with E-state index in [1.54, 1.807) is 19.1 Å². The van der Waals surface area contributed by atoms with E-state index in [0.717, 1.165) is 0 Å². The van der Waals surface area contributed by atoms with Crippen LogP contribution in [0.3, 0.4) is 0 Å². The van der Waals surface area contributed by atoms with Crippen LogP contribution < -0.4 is 16.0 Å². The first-order chi connectivity index (χ1) is 9.12. The van der Waals surface area contributed by atoms with E-state index >= 15 is 0 Å². The van der Waals surface area contributed by atoms with E-state index in [1.807, 2.05) is 5.43 Å². The van der Waals surface area contributed by atoms with Gasteiger partial charge < -0.3 is 9.47 Å². The third-order valence-electron chi connectivity index (χ3n) is 2.32. The number of nitrogens with one attached hydrogen (secondary N) is 1. The molecule has 1 rings (SSSR count). The van der Waals surface area contributed by atoms with Gasteiger partial charge in [0, 0.05) is 6.08 Å². The van der Waals surface area contributed by atoms with Gasteiger partial charge in [-0.2, -0.15) is 0 Å². The maximum atomic E-state index is 11.6. The SMILES string of the molecule is CCOC(=O)C=Cc1ccc(OC)cc1C(=O)NN. The van der Waals surface area contributed by atoms with Gasteiger partial charge in [-0.25, -0.2) is 10.6 Å². The van der Waals surface area contributed by atoms with Crippen LogP contribution in [-0.2, 0) is 9.53 Å². The highest BCUT2D eigenvalue weighted by Gasteiger charge is 2.10. The third-order valence-corrected chi connectivity index (χ3v) is 2.32. The van der Waals surface area contributed by atoms with E-state index in [2.05, 4.69) is 0 Å². The molecule has 102 valence electrons. The molecule has 0 fully saturated rings. The Kier molecular flexibility index (Phi) is 5.56. The predicted molar refractivity (Wildman–Crippen MR) is 70.3 cm³/mol. The molecular formula is C13H16N2O4. The molecule has 0 atom stereocenters. The van der Waals surface area contributed by atoms with E-state index in [1.165, 1.54) is 25.3 Å². The van der Waals surface area contributed by atoms with Gasteiger partial charge in [0.25, 0.3) is 5.91 Å². The summed E-state index contributed by atoms with van der Waals surface area (Å²) in [6.07, 6.45) is 2.74. The van der Waals surface area contributed by atoms with Crippen molar-refractivity contribution in [1.82, 2.24) is 5.43 Å². The summed E-state index contributed by atoms with van der Waals surface area (Å²) in [5.74, 6) is 4.69. The number of benzene rings is 1. The number of hydrogen-bond acceptors (Lipinski definition) is 5. The maximum Gasteiger partial charge on any atom is 0.330 e. The molecule has 0 aliphatic heterocycles. The van der Waals surface area contributed by atoms with Crippen LogP contribution in [0.1, 0.15) is 22.8 Å². The minimum Gasteiger partial charge on any atom is -0.497 e. The molecule has 19 heavy (non-hydrogen) atoms. The smallest absolute Gasteiger partial charge is 0.330 e. The van der Waals surface area contributed by atoms with Crippen molar-refractivity contribution in [3.63, 3.8) is 0 Å². The summed E-state index contributed by atoms with van der Waals surface area (Å²) < 4.78 is 9.79. The molecule has 3 N–H and O–H groups in total. The highest BCUT2D eigenvalue weighted by Crippen LogP contribution is 2.19. The number of rotatable bonds is 5. The van der Waals surface area contributed by atoms with Crippen LogP contribution in [0, 0.1) is 0 Å². The van der Waals surface area contributed by atoms with Gasteiger partial charge in [-0.05, 0) is 30.7 Å². The fourth-order valence-corrected chi connectivity index (χ4v) is 1.43. The average molecular weight is 264 g/mol. The molecule has 0 saturated heterocycles. The van der Waals surface area contributed by atoms with Gasteiger partial charge in [-0.15, -0.1) is 0 Å². The van der Waals surface area contributed by atoms with Crippen molar-refractivity contribution in [2.45, 2.75) is 6.92 Å². The molecule has 1 aromatic carbocycles. The van der Waals surface area contributed by atoms with E-state index in [9.17, 15) is 9.59 Å². The standard InChI is InChI=1S/C13H16N2O4/c1-3-19-12(16)7-5-9-4-6-10(18-2)8-11(9)13(17)15-14/h4-8H,3,14H2,1-2H3,(H,15,17). The van der Waals surface area contributed by atoms with Gasteiger partial charge in [0.05, 0.1) is 19.3 Å². The third kappa shape index (κ3) is 4.11. The summed E-state index contributed by atoms with van der Waals surface area (Å²) in [6, 6.07) is 4.87. The molecule has 0 bridgehead atoms. The lowest BCUT2D eigenvalue weighted by molar-refractivity contribution is -0.137. The van der Waals surface area contributed by atoms with Crippen molar-refractivity contribution >= 4 is 18.0 Å². The number of methoxy groups -OCH3 is 1. The normalized spacial score (nSPS) is 10.3. The number of carbonyl (C=O) groups is 2. The van der Waals surface area contributed by atoms with Crippen LogP contribution in [0.25, 0.3) is 6.08 Å². The van der Waals surface area contributed by atoms with Crippen LogP contribution in [0.2, 0.25) is 0 Å². The van der Waals surface area contributed by atoms with Gasteiger partial charge in [-0.1, -0.05) is 6.07 Å². The van der Waals surface area contributed by atoms with Crippen molar-refractivity contribution in [2.75, 3.05) is 13.7 Å². The summed E-state index contributed by atoms with van der Waals surface area (Å²) in [5.41, 5.74) is 2.89. The molecular weight excluding hydrogens is 248 g/mol. The van der Waals surface area contributed by atoms with Crippen LogP contribution in [0.4, 0.5) is 0 Å². The largest absolute Gasteiger partial charge is 0.497 e. The molecule has 0 heterocycles. The molecule has 6 nitrogen and oxygen atoms in total. The number of hydrogen-bond donors (Lipinski definition) is 2. The number of esters is 1. The number of ether oxygens (including phenoxy) is 2. The Morgan fingerprint density at radius 2 is 2.16 bits per heavy atom. The van der Waals surface area contributed by atoms with E-state index in [4.69, 9.17) is 15.3 Å². The monoisotopic (exact) mass is 264 g/mol. The van der Waals surface area contributed by atoms with Crippen LogP contribution >= 0.6 is 0 Å². The molecule has 1 amide bonds. The maximum absolute atomic E-state index is 11.6. The van der Waals surface area contributed by atoms with Crippen LogP contribution in [0.5, 0.6) is 5.75 Å². The molecule has 6 heteroatoms. The highest BCUT2D eigenvalue weighted by molar-refractivity contribution is 5.99. The van der Waals surface area contributed by atoms with Gasteiger partial charge >= 0.3 is 5.97 Å². The van der Waals surface area contributed by atoms with Crippen molar-refractivity contribution in [3.8, 4) is 5.75 Å². The summed E-state index contributed by atoms with van der Waals surface area (Å²) in [7, 11) is 1.49. The number of amides is 1. The molecule has 0 saturated carbocycles. The van der Waals surface area contributed by atoms with E-state index in [-0.39, 0.29) is 0 Å². The van der Waals surface area contributed by atoms with Crippen molar-refractivity contribution in [1.29, 1.82) is 0 Å². The van der Waals surface area contributed by atoms with Gasteiger partial charge in [0.1, 0.15) is 5.75 Å². The van der Waals surface area contributed by atoms with Crippen LogP contribution in [-0.4, -0.2) is 25.6 Å². The Bertz CT molecular complexity index is 497. The number of nitrogen functional groups attached to an aromatic ring is 1. The van der Waals surface area contributed by atoms with Gasteiger partial charge in [-0.3, -0.25) is 10.2 Å². The van der Waals surface area contributed by atoms with Gasteiger partial charge in [0.2, 0.25) is 0 Å². The Hall–Kier alpha value is -2.34. The molecule has 0 aromatic heterocycles. The average Bonchev–Trinajstić information content (AvgIpc) is 2.44. The molecule has 0 radical (unpaired) electrons. The topological polar surface area (TPSA) is 90.6 Å². The zero-order valence-electron chi connectivity index (χ0n) is 10.8. The Balaban J connectivity index is 3.05. The first-order valence-electron chi connectivity index (χ1n) is 5.66. The number of hydrazine groups is 1. The molecule has 1 aromatic rings. The Morgan fingerprint density at radius 1 is 1.42 bits per heavy atom. The predicted octanol–water partition coefficient (Wildman–Crippen LogP) is 0.875. The Morgan fingerprint density at radius 3 is 2.74 bits per heavy atom. The number of nitrogens with two attached hydrogens (primary N) is 1. The van der Waals surface area contributed by atoms with E-state index < -0.39 is 11.9 Å². The highest BCUT2D eigenvalue weighted by atomic mass is 16.5. The van der Waals surface area contributed by atoms with E-state index in [0.29, 0.717) is 23.5 Å². The number of carbonyl (C=O) groups excluding carboxylic acids is 2. The fourth-order valence-electron chi connectivity index (χ4n) is 1.43. The second-order valence-corrected chi connectivity index (χ2v) is 3.51. The van der Waals surface area contributed by atoms with Crippen molar-refractivity contribution in [2.24, 2.45) is 5.84 Å². The zero-order chi connectivity index (χ0) is 14.3. The second kappa shape index (κ2) is 7.17. The first-order valence-corrected chi connectivity index (χ1v) is 5.66. The molecule has 0 aliphatic carbocycles. The zero-order valence-corrected chi connectivity index (χ0v) is 10.8. The minimum atomic E-state index is -0.475. The summed E-state index contributed by atoms with van der Waals surface area (Å²) in [6.45, 7) is 2.01. The summed E-state index contributed by atoms with van der Waals surface area (Å²) in [4.78, 5) is 22.9. The van der Waals surface area contributed by atoms with Gasteiger partial charge in [0.15, 0.2) is 0 Å². The first kappa shape index (κ1) is 14.7. The molecule has 0 spiro atoms.